The summed E-state index contributed by atoms with van der Waals surface area (Å²) in [5.74, 6) is 1.31. The highest BCUT2D eigenvalue weighted by Crippen LogP contribution is 2.49. The van der Waals surface area contributed by atoms with Gasteiger partial charge in [-0.05, 0) is 44.1 Å². The largest absolute Gasteiger partial charge is 0.406 e. The molecule has 2 saturated carbocycles. The van der Waals surface area contributed by atoms with Crippen molar-refractivity contribution in [3.63, 3.8) is 0 Å². The zero-order valence-electron chi connectivity index (χ0n) is 9.82. The van der Waals surface area contributed by atoms with E-state index in [0.29, 0.717) is 18.4 Å². The Morgan fingerprint density at radius 2 is 2.00 bits per heavy atom. The molecule has 17 heavy (non-hydrogen) atoms. The maximum absolute atomic E-state index is 12.8. The number of fused-ring (bicyclic) bond motifs is 1. The van der Waals surface area contributed by atoms with Crippen LogP contribution in [0.3, 0.4) is 0 Å². The standard InChI is InChI=1S/C12H19F3N2/c13-12(14,15)11(4-5-11)17-7-10-9-3-1-2-8(9)6-16-10/h8-10,16-17H,1-7H2. The zero-order chi connectivity index (χ0) is 12.1. The Hall–Kier alpha value is -0.290. The van der Waals surface area contributed by atoms with Gasteiger partial charge in [0.25, 0.3) is 0 Å². The fraction of sp³-hybridized carbons (Fsp3) is 1.00. The molecule has 1 aliphatic heterocycles. The molecule has 0 radical (unpaired) electrons. The van der Waals surface area contributed by atoms with Crippen molar-refractivity contribution in [1.29, 1.82) is 0 Å². The summed E-state index contributed by atoms with van der Waals surface area (Å²) in [7, 11) is 0. The van der Waals surface area contributed by atoms with Crippen molar-refractivity contribution in [2.75, 3.05) is 13.1 Å². The summed E-state index contributed by atoms with van der Waals surface area (Å²) in [5, 5.41) is 6.16. The van der Waals surface area contributed by atoms with Crippen LogP contribution in [-0.4, -0.2) is 30.8 Å². The highest BCUT2D eigenvalue weighted by Gasteiger charge is 2.63. The third kappa shape index (κ3) is 1.97. The van der Waals surface area contributed by atoms with Gasteiger partial charge in [0.2, 0.25) is 0 Å². The minimum atomic E-state index is -4.08. The monoisotopic (exact) mass is 248 g/mol. The molecule has 3 aliphatic rings. The van der Waals surface area contributed by atoms with Gasteiger partial charge in [-0.2, -0.15) is 13.2 Å². The van der Waals surface area contributed by atoms with Gasteiger partial charge in [-0.25, -0.2) is 0 Å². The van der Waals surface area contributed by atoms with Crippen LogP contribution in [0.1, 0.15) is 32.1 Å². The summed E-state index contributed by atoms with van der Waals surface area (Å²) in [6.07, 6.45) is 0.0921. The SMILES string of the molecule is FC(F)(F)C1(NCC2NCC3CCCC32)CC1. The molecule has 1 saturated heterocycles. The van der Waals surface area contributed by atoms with Gasteiger partial charge in [0.1, 0.15) is 5.54 Å². The summed E-state index contributed by atoms with van der Waals surface area (Å²) in [5.41, 5.74) is -1.55. The molecule has 3 rings (SSSR count). The first-order valence-electron chi connectivity index (χ1n) is 6.57. The fourth-order valence-corrected chi connectivity index (χ4v) is 3.52. The molecule has 98 valence electrons. The van der Waals surface area contributed by atoms with Crippen molar-refractivity contribution in [3.05, 3.63) is 0 Å². The van der Waals surface area contributed by atoms with E-state index in [9.17, 15) is 13.2 Å². The zero-order valence-corrected chi connectivity index (χ0v) is 9.82. The van der Waals surface area contributed by atoms with Crippen molar-refractivity contribution in [2.45, 2.75) is 49.9 Å². The fourth-order valence-electron chi connectivity index (χ4n) is 3.52. The smallest absolute Gasteiger partial charge is 0.312 e. The topological polar surface area (TPSA) is 24.1 Å². The van der Waals surface area contributed by atoms with Crippen LogP contribution >= 0.6 is 0 Å². The lowest BCUT2D eigenvalue weighted by Gasteiger charge is -2.25. The van der Waals surface area contributed by atoms with Gasteiger partial charge in [0.05, 0.1) is 0 Å². The molecular formula is C12H19F3N2. The molecule has 0 spiro atoms. The first-order chi connectivity index (χ1) is 8.02. The van der Waals surface area contributed by atoms with E-state index >= 15 is 0 Å². The van der Waals surface area contributed by atoms with Gasteiger partial charge in [0, 0.05) is 12.6 Å². The molecule has 2 N–H and O–H groups in total. The number of nitrogens with one attached hydrogen (secondary N) is 2. The summed E-state index contributed by atoms with van der Waals surface area (Å²) in [4.78, 5) is 0. The first kappa shape index (κ1) is 11.8. The van der Waals surface area contributed by atoms with Gasteiger partial charge in [-0.15, -0.1) is 0 Å². The van der Waals surface area contributed by atoms with Crippen molar-refractivity contribution in [1.82, 2.24) is 10.6 Å². The Bertz CT molecular complexity index is 299. The predicted octanol–water partition coefficient (Wildman–Crippen LogP) is 2.06. The highest BCUT2D eigenvalue weighted by molar-refractivity contribution is 5.09. The molecule has 2 nitrogen and oxygen atoms in total. The summed E-state index contributed by atoms with van der Waals surface area (Å²) < 4.78 is 38.3. The van der Waals surface area contributed by atoms with Crippen molar-refractivity contribution in [3.8, 4) is 0 Å². The Labute approximate surface area is 99.3 Å². The summed E-state index contributed by atoms with van der Waals surface area (Å²) >= 11 is 0. The quantitative estimate of drug-likeness (QED) is 0.799. The van der Waals surface area contributed by atoms with E-state index in [-0.39, 0.29) is 18.9 Å². The molecule has 3 unspecified atom stereocenters. The van der Waals surface area contributed by atoms with Crippen LogP contribution < -0.4 is 10.6 Å². The van der Waals surface area contributed by atoms with E-state index in [0.717, 1.165) is 6.54 Å². The Morgan fingerprint density at radius 1 is 1.24 bits per heavy atom. The summed E-state index contributed by atoms with van der Waals surface area (Å²) in [6.45, 7) is 1.47. The van der Waals surface area contributed by atoms with Gasteiger partial charge in [-0.3, -0.25) is 0 Å². The van der Waals surface area contributed by atoms with Crippen LogP contribution in [0.5, 0.6) is 0 Å². The second-order valence-electron chi connectivity index (χ2n) is 5.83. The maximum atomic E-state index is 12.8. The second kappa shape index (κ2) is 3.85. The molecule has 0 aromatic rings. The third-order valence-corrected chi connectivity index (χ3v) is 4.83. The number of rotatable bonds is 3. The minimum absolute atomic E-state index is 0.247. The van der Waals surface area contributed by atoms with Crippen molar-refractivity contribution < 1.29 is 13.2 Å². The van der Waals surface area contributed by atoms with Crippen molar-refractivity contribution in [2.24, 2.45) is 11.8 Å². The van der Waals surface area contributed by atoms with Gasteiger partial charge >= 0.3 is 6.18 Å². The van der Waals surface area contributed by atoms with Gasteiger partial charge < -0.3 is 10.6 Å². The predicted molar refractivity (Wildman–Crippen MR) is 58.6 cm³/mol. The van der Waals surface area contributed by atoms with Crippen LogP contribution in [0.15, 0.2) is 0 Å². The second-order valence-corrected chi connectivity index (χ2v) is 5.83. The van der Waals surface area contributed by atoms with Gasteiger partial charge in [-0.1, -0.05) is 6.42 Å². The Kier molecular flexibility index (Phi) is 2.67. The van der Waals surface area contributed by atoms with E-state index in [1.54, 1.807) is 0 Å². The lowest BCUT2D eigenvalue weighted by Crippen LogP contribution is -2.50. The van der Waals surface area contributed by atoms with Gasteiger partial charge in [0.15, 0.2) is 0 Å². The highest BCUT2D eigenvalue weighted by atomic mass is 19.4. The van der Waals surface area contributed by atoms with E-state index < -0.39 is 11.7 Å². The van der Waals surface area contributed by atoms with Crippen LogP contribution in [0.2, 0.25) is 0 Å². The van der Waals surface area contributed by atoms with E-state index in [2.05, 4.69) is 10.6 Å². The van der Waals surface area contributed by atoms with E-state index in [1.807, 2.05) is 0 Å². The van der Waals surface area contributed by atoms with Crippen LogP contribution in [0, 0.1) is 11.8 Å². The molecule has 2 aliphatic carbocycles. The number of hydrogen-bond acceptors (Lipinski definition) is 2. The molecule has 3 atom stereocenters. The van der Waals surface area contributed by atoms with E-state index in [1.165, 1.54) is 19.3 Å². The molecule has 0 aromatic carbocycles. The number of hydrogen-bond donors (Lipinski definition) is 2. The number of halogens is 3. The molecule has 0 aromatic heterocycles. The molecular weight excluding hydrogens is 229 g/mol. The average molecular weight is 248 g/mol. The average Bonchev–Trinajstić information content (AvgIpc) is 2.76. The van der Waals surface area contributed by atoms with Crippen molar-refractivity contribution >= 4 is 0 Å². The lowest BCUT2D eigenvalue weighted by molar-refractivity contribution is -0.166. The third-order valence-electron chi connectivity index (χ3n) is 4.83. The first-order valence-corrected chi connectivity index (χ1v) is 6.57. The molecule has 3 fully saturated rings. The van der Waals surface area contributed by atoms with E-state index in [4.69, 9.17) is 0 Å². The molecule has 0 amide bonds. The normalized spacial score (nSPS) is 39.4. The lowest BCUT2D eigenvalue weighted by atomic mass is 9.94. The van der Waals surface area contributed by atoms with Crippen LogP contribution in [0.25, 0.3) is 0 Å². The maximum Gasteiger partial charge on any atom is 0.406 e. The molecule has 0 bridgehead atoms. The van der Waals surface area contributed by atoms with Crippen LogP contribution in [0.4, 0.5) is 13.2 Å². The molecule has 1 heterocycles. The number of alkyl halides is 3. The minimum Gasteiger partial charge on any atom is -0.312 e. The summed E-state index contributed by atoms with van der Waals surface area (Å²) in [6, 6.07) is 0.252. The Balaban J connectivity index is 1.55. The van der Waals surface area contributed by atoms with Crippen LogP contribution in [-0.2, 0) is 0 Å². The Morgan fingerprint density at radius 3 is 2.65 bits per heavy atom. The molecule has 5 heteroatoms.